The number of fused-ring (bicyclic) bond motifs is 2. The zero-order valence-corrected chi connectivity index (χ0v) is 15.5. The van der Waals surface area contributed by atoms with Crippen LogP contribution in [0.25, 0.3) is 27.6 Å². The molecule has 0 aromatic heterocycles. The van der Waals surface area contributed by atoms with Crippen molar-refractivity contribution in [2.75, 3.05) is 0 Å². The number of carbonyl (C=O) groups excluding carboxylic acids is 1. The van der Waals surface area contributed by atoms with E-state index in [4.69, 9.17) is 16.3 Å². The van der Waals surface area contributed by atoms with Gasteiger partial charge in [-0.1, -0.05) is 60.1 Å². The molecule has 4 aromatic rings. The number of esters is 1. The SMILES string of the molecule is O=C1OC(c2ccc(Cl)cc2)=N/C1=C\c1c2ccccc2cc2ccccc12. The van der Waals surface area contributed by atoms with Crippen molar-refractivity contribution in [3.05, 3.63) is 101 Å². The van der Waals surface area contributed by atoms with Gasteiger partial charge in [0.1, 0.15) is 0 Å². The van der Waals surface area contributed by atoms with E-state index in [-0.39, 0.29) is 11.6 Å². The van der Waals surface area contributed by atoms with Crippen molar-refractivity contribution >= 4 is 51.1 Å². The molecule has 5 rings (SSSR count). The fraction of sp³-hybridized carbons (Fsp3) is 0. The molecule has 0 N–H and O–H groups in total. The highest BCUT2D eigenvalue weighted by Crippen LogP contribution is 2.31. The monoisotopic (exact) mass is 383 g/mol. The minimum atomic E-state index is -0.457. The number of carbonyl (C=O) groups is 1. The first-order chi connectivity index (χ1) is 13.7. The van der Waals surface area contributed by atoms with Crippen molar-refractivity contribution in [1.82, 2.24) is 0 Å². The molecule has 0 bridgehead atoms. The van der Waals surface area contributed by atoms with Gasteiger partial charge >= 0.3 is 5.97 Å². The zero-order chi connectivity index (χ0) is 19.1. The molecule has 3 nitrogen and oxygen atoms in total. The van der Waals surface area contributed by atoms with Gasteiger partial charge in [0.05, 0.1) is 0 Å². The van der Waals surface area contributed by atoms with Crippen LogP contribution in [0.4, 0.5) is 0 Å². The van der Waals surface area contributed by atoms with E-state index < -0.39 is 5.97 Å². The second-order valence-corrected chi connectivity index (χ2v) is 7.01. The fourth-order valence-electron chi connectivity index (χ4n) is 3.47. The van der Waals surface area contributed by atoms with Gasteiger partial charge in [0, 0.05) is 10.6 Å². The maximum atomic E-state index is 12.5. The third-order valence-corrected chi connectivity index (χ3v) is 5.06. The molecule has 0 unspecified atom stereocenters. The summed E-state index contributed by atoms with van der Waals surface area (Å²) in [6.45, 7) is 0. The lowest BCUT2D eigenvalue weighted by Gasteiger charge is -2.08. The van der Waals surface area contributed by atoms with Crippen LogP contribution >= 0.6 is 11.6 Å². The van der Waals surface area contributed by atoms with Crippen LogP contribution in [0, 0.1) is 0 Å². The number of halogens is 1. The van der Waals surface area contributed by atoms with Crippen molar-refractivity contribution in [3.63, 3.8) is 0 Å². The summed E-state index contributed by atoms with van der Waals surface area (Å²) in [5, 5.41) is 4.97. The van der Waals surface area contributed by atoms with Crippen molar-refractivity contribution in [1.29, 1.82) is 0 Å². The van der Waals surface area contributed by atoms with Gasteiger partial charge in [-0.05, 0) is 63.5 Å². The Kier molecular flexibility index (Phi) is 3.96. The molecule has 0 radical (unpaired) electrons. The first-order valence-electron chi connectivity index (χ1n) is 8.88. The van der Waals surface area contributed by atoms with Gasteiger partial charge in [-0.15, -0.1) is 0 Å². The molecule has 1 aliphatic rings. The van der Waals surface area contributed by atoms with E-state index in [0.29, 0.717) is 10.6 Å². The Morgan fingerprint density at radius 2 is 1.43 bits per heavy atom. The number of hydrogen-bond donors (Lipinski definition) is 0. The summed E-state index contributed by atoms with van der Waals surface area (Å²) in [4.78, 5) is 16.9. The normalized spacial score (nSPS) is 15.2. The number of rotatable bonds is 2. The van der Waals surface area contributed by atoms with Crippen molar-refractivity contribution < 1.29 is 9.53 Å². The molecule has 0 saturated heterocycles. The summed E-state index contributed by atoms with van der Waals surface area (Å²) in [5.41, 5.74) is 1.96. The molecule has 1 heterocycles. The Labute approximate surface area is 166 Å². The van der Waals surface area contributed by atoms with E-state index in [1.54, 1.807) is 24.3 Å². The van der Waals surface area contributed by atoms with E-state index in [9.17, 15) is 4.79 Å². The summed E-state index contributed by atoms with van der Waals surface area (Å²) in [6, 6.07) is 25.5. The quantitative estimate of drug-likeness (QED) is 0.242. The maximum Gasteiger partial charge on any atom is 0.363 e. The van der Waals surface area contributed by atoms with Gasteiger partial charge in [0.15, 0.2) is 5.70 Å². The lowest BCUT2D eigenvalue weighted by Crippen LogP contribution is -2.05. The Morgan fingerprint density at radius 1 is 0.821 bits per heavy atom. The Morgan fingerprint density at radius 3 is 2.07 bits per heavy atom. The van der Waals surface area contributed by atoms with Crippen molar-refractivity contribution in [3.8, 4) is 0 Å². The third kappa shape index (κ3) is 2.86. The molecule has 0 amide bonds. The van der Waals surface area contributed by atoms with Gasteiger partial charge in [-0.2, -0.15) is 0 Å². The van der Waals surface area contributed by atoms with Gasteiger partial charge in [-0.3, -0.25) is 0 Å². The number of cyclic esters (lactones) is 1. The first kappa shape index (κ1) is 16.7. The van der Waals surface area contributed by atoms with Gasteiger partial charge in [0.25, 0.3) is 0 Å². The molecular formula is C24H14ClNO2. The highest BCUT2D eigenvalue weighted by molar-refractivity contribution is 6.30. The predicted octanol–water partition coefficient (Wildman–Crippen LogP) is 5.99. The lowest BCUT2D eigenvalue weighted by atomic mass is 9.96. The number of aliphatic imine (C=N–C) groups is 1. The van der Waals surface area contributed by atoms with Gasteiger partial charge < -0.3 is 4.74 Å². The summed E-state index contributed by atoms with van der Waals surface area (Å²) >= 11 is 5.93. The number of hydrogen-bond acceptors (Lipinski definition) is 3. The molecule has 4 heteroatoms. The molecule has 0 fully saturated rings. The minimum absolute atomic E-state index is 0.284. The van der Waals surface area contributed by atoms with E-state index in [2.05, 4.69) is 35.3 Å². The van der Waals surface area contributed by atoms with Crippen LogP contribution in [0.5, 0.6) is 0 Å². The first-order valence-corrected chi connectivity index (χ1v) is 9.26. The highest BCUT2D eigenvalue weighted by Gasteiger charge is 2.24. The van der Waals surface area contributed by atoms with Crippen LogP contribution in [0.1, 0.15) is 11.1 Å². The maximum absolute atomic E-state index is 12.5. The summed E-state index contributed by atoms with van der Waals surface area (Å²) in [7, 11) is 0. The second-order valence-electron chi connectivity index (χ2n) is 6.58. The molecule has 0 saturated carbocycles. The summed E-state index contributed by atoms with van der Waals surface area (Å²) in [5.74, 6) is -0.167. The van der Waals surface area contributed by atoms with Gasteiger partial charge in [-0.25, -0.2) is 9.79 Å². The van der Waals surface area contributed by atoms with E-state index >= 15 is 0 Å². The molecule has 0 aliphatic carbocycles. The molecule has 0 atom stereocenters. The van der Waals surface area contributed by atoms with Crippen LogP contribution in [0.3, 0.4) is 0 Å². The van der Waals surface area contributed by atoms with Crippen LogP contribution in [-0.2, 0) is 9.53 Å². The Balaban J connectivity index is 1.70. The molecule has 4 aromatic carbocycles. The molecular weight excluding hydrogens is 370 g/mol. The van der Waals surface area contributed by atoms with Crippen LogP contribution in [0.2, 0.25) is 5.02 Å². The summed E-state index contributed by atoms with van der Waals surface area (Å²) < 4.78 is 5.40. The lowest BCUT2D eigenvalue weighted by molar-refractivity contribution is -0.129. The Bertz CT molecular complexity index is 1250. The van der Waals surface area contributed by atoms with Crippen LogP contribution in [-0.4, -0.2) is 11.9 Å². The third-order valence-electron chi connectivity index (χ3n) is 4.81. The van der Waals surface area contributed by atoms with E-state index in [1.807, 2.05) is 30.3 Å². The highest BCUT2D eigenvalue weighted by atomic mass is 35.5. The van der Waals surface area contributed by atoms with E-state index in [0.717, 1.165) is 27.1 Å². The average Bonchev–Trinajstić information content (AvgIpc) is 3.08. The van der Waals surface area contributed by atoms with Crippen LogP contribution in [0.15, 0.2) is 89.6 Å². The average molecular weight is 384 g/mol. The predicted molar refractivity (Wildman–Crippen MR) is 114 cm³/mol. The Hall–Kier alpha value is -3.43. The molecule has 0 spiro atoms. The summed E-state index contributed by atoms with van der Waals surface area (Å²) in [6.07, 6.45) is 1.82. The van der Waals surface area contributed by atoms with Gasteiger partial charge in [0.2, 0.25) is 5.90 Å². The zero-order valence-electron chi connectivity index (χ0n) is 14.7. The van der Waals surface area contributed by atoms with Crippen molar-refractivity contribution in [2.45, 2.75) is 0 Å². The molecule has 1 aliphatic heterocycles. The standard InChI is InChI=1S/C24H14ClNO2/c25-18-11-9-15(10-12-18)23-26-22(24(27)28-23)14-21-19-7-3-1-5-16(19)13-17-6-2-4-8-20(17)21/h1-14H/b22-14-. The molecule has 28 heavy (non-hydrogen) atoms. The largest absolute Gasteiger partial charge is 0.402 e. The fourth-order valence-corrected chi connectivity index (χ4v) is 3.59. The smallest absolute Gasteiger partial charge is 0.363 e. The number of nitrogens with zero attached hydrogens (tertiary/aromatic N) is 1. The minimum Gasteiger partial charge on any atom is -0.402 e. The topological polar surface area (TPSA) is 38.7 Å². The van der Waals surface area contributed by atoms with Crippen LogP contribution < -0.4 is 0 Å². The molecule has 134 valence electrons. The van der Waals surface area contributed by atoms with Crippen molar-refractivity contribution in [2.24, 2.45) is 4.99 Å². The van der Waals surface area contributed by atoms with E-state index in [1.165, 1.54) is 0 Å². The number of ether oxygens (including phenoxy) is 1. The number of benzene rings is 4. The second kappa shape index (κ2) is 6.63.